The lowest BCUT2D eigenvalue weighted by molar-refractivity contribution is 0.306. The van der Waals surface area contributed by atoms with Crippen molar-refractivity contribution in [1.29, 1.82) is 0 Å². The summed E-state index contributed by atoms with van der Waals surface area (Å²) < 4.78 is 1.84. The summed E-state index contributed by atoms with van der Waals surface area (Å²) in [6.07, 6.45) is 6.22. The second kappa shape index (κ2) is 12.5. The van der Waals surface area contributed by atoms with E-state index >= 15 is 0 Å². The number of anilines is 1. The van der Waals surface area contributed by atoms with Crippen LogP contribution >= 0.6 is 35.6 Å². The number of likely N-dealkylation sites (N-methyl/N-ethyl adjacent to an activating group) is 1. The van der Waals surface area contributed by atoms with Crippen LogP contribution < -0.4 is 15.5 Å². The van der Waals surface area contributed by atoms with Gasteiger partial charge in [0.2, 0.25) is 0 Å². The number of nitrogens with zero attached hydrogens (tertiary/aromatic N) is 5. The largest absolute Gasteiger partial charge is 0.368 e. The minimum absolute atomic E-state index is 0. The predicted octanol–water partition coefficient (Wildman–Crippen LogP) is 3.52. The predicted molar refractivity (Wildman–Crippen MR) is 141 cm³/mol. The summed E-state index contributed by atoms with van der Waals surface area (Å²) in [7, 11) is 6.10. The van der Waals surface area contributed by atoms with Crippen LogP contribution in [-0.2, 0) is 7.05 Å². The van der Waals surface area contributed by atoms with E-state index < -0.39 is 0 Å². The molecule has 1 fully saturated rings. The molecule has 0 aliphatic carbocycles. The topological polar surface area (TPSA) is 60.7 Å². The second-order valence-electron chi connectivity index (χ2n) is 8.03. The summed E-state index contributed by atoms with van der Waals surface area (Å²) in [6, 6.07) is 8.58. The van der Waals surface area contributed by atoms with Crippen LogP contribution in [0.25, 0.3) is 0 Å². The third kappa shape index (κ3) is 7.25. The van der Waals surface area contributed by atoms with Gasteiger partial charge in [0.1, 0.15) is 0 Å². The van der Waals surface area contributed by atoms with Crippen molar-refractivity contribution in [2.45, 2.75) is 31.8 Å². The smallest absolute Gasteiger partial charge is 0.191 e. The lowest BCUT2D eigenvalue weighted by Crippen LogP contribution is -2.51. The maximum Gasteiger partial charge on any atom is 0.191 e. The molecule has 0 saturated carbocycles. The number of hydrogen-bond acceptors (Lipinski definition) is 4. The van der Waals surface area contributed by atoms with Gasteiger partial charge in [-0.1, -0.05) is 23.7 Å². The summed E-state index contributed by atoms with van der Waals surface area (Å²) in [4.78, 5) is 9.45. The van der Waals surface area contributed by atoms with Crippen molar-refractivity contribution in [3.63, 3.8) is 0 Å². The van der Waals surface area contributed by atoms with Gasteiger partial charge in [-0.25, -0.2) is 0 Å². The van der Waals surface area contributed by atoms with Crippen molar-refractivity contribution in [3.05, 3.63) is 47.2 Å². The Morgan fingerprint density at radius 1 is 1.35 bits per heavy atom. The molecule has 1 aliphatic heterocycles. The maximum absolute atomic E-state index is 6.43. The monoisotopic (exact) mass is 559 g/mol. The molecule has 172 valence electrons. The highest BCUT2D eigenvalue weighted by Gasteiger charge is 2.23. The normalized spacial score (nSPS) is 17.9. The number of nitrogens with one attached hydrogen (secondary N) is 2. The third-order valence-electron chi connectivity index (χ3n) is 5.45. The van der Waals surface area contributed by atoms with E-state index in [0.717, 1.165) is 49.1 Å². The molecular weight excluding hydrogens is 525 g/mol. The SMILES string of the molecule is CCNC(=NCC(c1cnn(C)c1)N(C)C)NC1CCCN(c2ccccc2Cl)C1.I. The Labute approximate surface area is 208 Å². The average molecular weight is 560 g/mol. The number of aromatic nitrogens is 2. The van der Waals surface area contributed by atoms with Crippen molar-refractivity contribution < 1.29 is 0 Å². The van der Waals surface area contributed by atoms with Gasteiger partial charge in [-0.15, -0.1) is 24.0 Å². The molecule has 1 saturated heterocycles. The summed E-state index contributed by atoms with van der Waals surface area (Å²) in [5, 5.41) is 12.2. The first kappa shape index (κ1) is 25.7. The highest BCUT2D eigenvalue weighted by Crippen LogP contribution is 2.27. The minimum Gasteiger partial charge on any atom is -0.368 e. The first-order chi connectivity index (χ1) is 14.5. The molecule has 1 aliphatic rings. The highest BCUT2D eigenvalue weighted by molar-refractivity contribution is 14.0. The zero-order chi connectivity index (χ0) is 21.5. The quantitative estimate of drug-likeness (QED) is 0.309. The van der Waals surface area contributed by atoms with E-state index in [1.54, 1.807) is 0 Å². The van der Waals surface area contributed by atoms with Gasteiger partial charge < -0.3 is 20.4 Å². The van der Waals surface area contributed by atoms with Gasteiger partial charge >= 0.3 is 0 Å². The Hall–Kier alpha value is -1.52. The van der Waals surface area contributed by atoms with Gasteiger partial charge in [0, 0.05) is 44.5 Å². The molecule has 2 aromatic rings. The van der Waals surface area contributed by atoms with Crippen LogP contribution in [0.5, 0.6) is 0 Å². The molecule has 2 atom stereocenters. The lowest BCUT2D eigenvalue weighted by atomic mass is 10.0. The second-order valence-corrected chi connectivity index (χ2v) is 8.43. The van der Waals surface area contributed by atoms with E-state index in [2.05, 4.69) is 58.8 Å². The number of piperidine rings is 1. The molecule has 31 heavy (non-hydrogen) atoms. The fraction of sp³-hybridized carbons (Fsp3) is 0.545. The van der Waals surface area contributed by atoms with E-state index in [-0.39, 0.29) is 30.0 Å². The van der Waals surface area contributed by atoms with Crippen LogP contribution in [-0.4, -0.2) is 67.0 Å². The van der Waals surface area contributed by atoms with Crippen molar-refractivity contribution in [3.8, 4) is 0 Å². The molecule has 1 aromatic carbocycles. The molecule has 0 amide bonds. The fourth-order valence-corrected chi connectivity index (χ4v) is 4.15. The van der Waals surface area contributed by atoms with Crippen LogP contribution in [0.15, 0.2) is 41.7 Å². The van der Waals surface area contributed by atoms with Crippen molar-refractivity contribution in [2.24, 2.45) is 12.0 Å². The number of para-hydroxylation sites is 1. The maximum atomic E-state index is 6.43. The zero-order valence-electron chi connectivity index (χ0n) is 18.9. The zero-order valence-corrected chi connectivity index (χ0v) is 22.0. The molecule has 0 bridgehead atoms. The molecule has 0 spiro atoms. The van der Waals surface area contributed by atoms with Gasteiger partial charge in [-0.05, 0) is 46.0 Å². The van der Waals surface area contributed by atoms with Crippen LogP contribution in [0.2, 0.25) is 5.02 Å². The molecule has 3 rings (SSSR count). The standard InChI is InChI=1S/C22H34ClN7.HI/c1-5-24-22(25-14-21(28(2)3)17-13-26-29(4)15-17)27-18-9-8-12-30(16-18)20-11-7-6-10-19(20)23;/h6-7,10-11,13,15,18,21H,5,8-9,12,14,16H2,1-4H3,(H2,24,25,27);1H. The van der Waals surface area contributed by atoms with Gasteiger partial charge in [0.25, 0.3) is 0 Å². The van der Waals surface area contributed by atoms with Crippen LogP contribution in [0.3, 0.4) is 0 Å². The molecule has 9 heteroatoms. The van der Waals surface area contributed by atoms with E-state index in [4.69, 9.17) is 16.6 Å². The van der Waals surface area contributed by atoms with Crippen LogP contribution in [0.4, 0.5) is 5.69 Å². The van der Waals surface area contributed by atoms with E-state index in [0.29, 0.717) is 12.6 Å². The minimum atomic E-state index is 0. The fourth-order valence-electron chi connectivity index (χ4n) is 3.89. The third-order valence-corrected chi connectivity index (χ3v) is 5.77. The van der Waals surface area contributed by atoms with Gasteiger partial charge in [0.15, 0.2) is 5.96 Å². The van der Waals surface area contributed by atoms with Crippen molar-refractivity contribution >= 4 is 47.2 Å². The summed E-state index contributed by atoms with van der Waals surface area (Å²) >= 11 is 6.43. The average Bonchev–Trinajstić information content (AvgIpc) is 3.14. The Morgan fingerprint density at radius 2 is 2.13 bits per heavy atom. The number of guanidine groups is 1. The first-order valence-electron chi connectivity index (χ1n) is 10.7. The van der Waals surface area contributed by atoms with Crippen LogP contribution in [0, 0.1) is 0 Å². The van der Waals surface area contributed by atoms with Crippen molar-refractivity contribution in [1.82, 2.24) is 25.3 Å². The summed E-state index contributed by atoms with van der Waals surface area (Å²) in [6.45, 7) is 5.52. The molecule has 2 unspecified atom stereocenters. The molecule has 7 nitrogen and oxygen atoms in total. The number of rotatable bonds is 7. The van der Waals surface area contributed by atoms with Gasteiger partial charge in [-0.2, -0.15) is 5.10 Å². The number of hydrogen-bond donors (Lipinski definition) is 2. The van der Waals surface area contributed by atoms with Gasteiger partial charge in [0.05, 0.1) is 29.5 Å². The van der Waals surface area contributed by atoms with E-state index in [1.807, 2.05) is 36.1 Å². The molecule has 0 radical (unpaired) electrons. The Balaban J connectivity index is 0.00000341. The Bertz CT molecular complexity index is 839. The Kier molecular flexibility index (Phi) is 10.4. The summed E-state index contributed by atoms with van der Waals surface area (Å²) in [5.41, 5.74) is 2.28. The van der Waals surface area contributed by atoms with Gasteiger partial charge in [-0.3, -0.25) is 9.67 Å². The first-order valence-corrected chi connectivity index (χ1v) is 11.0. The van der Waals surface area contributed by atoms with E-state index in [1.165, 1.54) is 5.56 Å². The molecule has 2 N–H and O–H groups in total. The lowest BCUT2D eigenvalue weighted by Gasteiger charge is -2.36. The summed E-state index contributed by atoms with van der Waals surface area (Å²) in [5.74, 6) is 0.860. The van der Waals surface area contributed by atoms with Crippen LogP contribution in [0.1, 0.15) is 31.4 Å². The number of benzene rings is 1. The molecule has 1 aromatic heterocycles. The Morgan fingerprint density at radius 3 is 2.77 bits per heavy atom. The number of halogens is 2. The number of aliphatic imine (C=N–C) groups is 1. The number of aryl methyl sites for hydroxylation is 1. The highest BCUT2D eigenvalue weighted by atomic mass is 127. The van der Waals surface area contributed by atoms with Crippen molar-refractivity contribution in [2.75, 3.05) is 45.2 Å². The molecule has 2 heterocycles. The van der Waals surface area contributed by atoms with E-state index in [9.17, 15) is 0 Å². The molecular formula is C22H35ClIN7.